The number of imidazole rings is 1. The molecule has 0 saturated heterocycles. The van der Waals surface area contributed by atoms with Crippen molar-refractivity contribution in [3.8, 4) is 0 Å². The largest absolute Gasteiger partial charge is 0.329 e. The predicted octanol–water partition coefficient (Wildman–Crippen LogP) is 2.45. The fourth-order valence-electron chi connectivity index (χ4n) is 3.59. The number of nitrogens with zero attached hydrogens (tertiary/aromatic N) is 2. The summed E-state index contributed by atoms with van der Waals surface area (Å²) >= 11 is 0. The smallest absolute Gasteiger partial charge is 0.292 e. The number of aryl methyl sites for hydroxylation is 2. The molecule has 2 aromatic rings. The Bertz CT molecular complexity index is 890. The van der Waals surface area contributed by atoms with Crippen molar-refractivity contribution in [3.05, 3.63) is 28.7 Å². The Morgan fingerprint density at radius 2 is 1.67 bits per heavy atom. The standard InChI is InChI=1S/C17H25N3O3S/c1-3-19-15-11-10-14(12-16(15)20(4-2)17(19)21)24(22,23)18-13-8-6-5-7-9-13/h10-13,18H,3-9H2,1-2H3. The van der Waals surface area contributed by atoms with Crippen molar-refractivity contribution >= 4 is 21.1 Å². The van der Waals surface area contributed by atoms with E-state index in [-0.39, 0.29) is 16.6 Å². The highest BCUT2D eigenvalue weighted by molar-refractivity contribution is 7.89. The highest BCUT2D eigenvalue weighted by Gasteiger charge is 2.23. The molecule has 0 bridgehead atoms. The summed E-state index contributed by atoms with van der Waals surface area (Å²) in [5.74, 6) is 0. The van der Waals surface area contributed by atoms with Gasteiger partial charge >= 0.3 is 5.69 Å². The lowest BCUT2D eigenvalue weighted by atomic mass is 9.96. The third-order valence-corrected chi connectivity index (χ3v) is 6.38. The zero-order valence-corrected chi connectivity index (χ0v) is 15.1. The van der Waals surface area contributed by atoms with Crippen LogP contribution < -0.4 is 10.4 Å². The Kier molecular flexibility index (Phi) is 4.83. The first-order valence-electron chi connectivity index (χ1n) is 8.73. The van der Waals surface area contributed by atoms with E-state index in [0.29, 0.717) is 18.6 Å². The van der Waals surface area contributed by atoms with Crippen LogP contribution in [-0.2, 0) is 23.1 Å². The van der Waals surface area contributed by atoms with Crippen LogP contribution in [-0.4, -0.2) is 23.6 Å². The number of benzene rings is 1. The average molecular weight is 351 g/mol. The van der Waals surface area contributed by atoms with Gasteiger partial charge in [0.15, 0.2) is 0 Å². The van der Waals surface area contributed by atoms with Crippen LogP contribution in [0.1, 0.15) is 46.0 Å². The molecule has 132 valence electrons. The monoisotopic (exact) mass is 351 g/mol. The van der Waals surface area contributed by atoms with Crippen LogP contribution in [0.3, 0.4) is 0 Å². The maximum Gasteiger partial charge on any atom is 0.329 e. The van der Waals surface area contributed by atoms with Gasteiger partial charge in [-0.05, 0) is 44.9 Å². The van der Waals surface area contributed by atoms with Gasteiger partial charge in [-0.25, -0.2) is 17.9 Å². The van der Waals surface area contributed by atoms with Gasteiger partial charge in [-0.15, -0.1) is 0 Å². The first-order chi connectivity index (χ1) is 11.5. The molecular weight excluding hydrogens is 326 g/mol. The molecule has 0 spiro atoms. The molecule has 0 amide bonds. The van der Waals surface area contributed by atoms with Gasteiger partial charge in [0.05, 0.1) is 15.9 Å². The molecule has 24 heavy (non-hydrogen) atoms. The van der Waals surface area contributed by atoms with Gasteiger partial charge in [-0.1, -0.05) is 19.3 Å². The summed E-state index contributed by atoms with van der Waals surface area (Å²) in [5.41, 5.74) is 1.36. The van der Waals surface area contributed by atoms with Crippen molar-refractivity contribution < 1.29 is 8.42 Å². The predicted molar refractivity (Wildman–Crippen MR) is 94.7 cm³/mol. The fraction of sp³-hybridized carbons (Fsp3) is 0.588. The van der Waals surface area contributed by atoms with Crippen LogP contribution in [0.25, 0.3) is 11.0 Å². The summed E-state index contributed by atoms with van der Waals surface area (Å²) < 4.78 is 31.5. The van der Waals surface area contributed by atoms with Gasteiger partial charge in [0.2, 0.25) is 10.0 Å². The minimum absolute atomic E-state index is 0.0213. The summed E-state index contributed by atoms with van der Waals surface area (Å²) in [6.45, 7) is 4.88. The van der Waals surface area contributed by atoms with Crippen LogP contribution in [0.2, 0.25) is 0 Å². The first kappa shape index (κ1) is 17.2. The van der Waals surface area contributed by atoms with E-state index in [1.54, 1.807) is 27.3 Å². The third-order valence-electron chi connectivity index (χ3n) is 4.86. The second-order valence-corrected chi connectivity index (χ2v) is 8.09. The molecule has 0 radical (unpaired) electrons. The Hall–Kier alpha value is -1.60. The number of rotatable bonds is 5. The van der Waals surface area contributed by atoms with Crippen LogP contribution in [0, 0.1) is 0 Å². The summed E-state index contributed by atoms with van der Waals surface area (Å²) in [5, 5.41) is 0. The molecule has 1 saturated carbocycles. The number of hydrogen-bond acceptors (Lipinski definition) is 3. The van der Waals surface area contributed by atoms with Crippen molar-refractivity contribution in [3.63, 3.8) is 0 Å². The minimum Gasteiger partial charge on any atom is -0.292 e. The lowest BCUT2D eigenvalue weighted by Gasteiger charge is -2.22. The van der Waals surface area contributed by atoms with Crippen molar-refractivity contribution in [2.75, 3.05) is 0 Å². The topological polar surface area (TPSA) is 73.1 Å². The number of fused-ring (bicyclic) bond motifs is 1. The Balaban J connectivity index is 2.02. The Morgan fingerprint density at radius 3 is 2.29 bits per heavy atom. The van der Waals surface area contributed by atoms with Crippen molar-refractivity contribution in [1.29, 1.82) is 0 Å². The number of nitrogens with one attached hydrogen (secondary N) is 1. The van der Waals surface area contributed by atoms with Gasteiger partial charge in [0, 0.05) is 19.1 Å². The van der Waals surface area contributed by atoms with E-state index in [4.69, 9.17) is 0 Å². The van der Waals surface area contributed by atoms with E-state index in [1.165, 1.54) is 6.42 Å². The quantitative estimate of drug-likeness (QED) is 0.899. The maximum absolute atomic E-state index is 12.7. The van der Waals surface area contributed by atoms with E-state index < -0.39 is 10.0 Å². The first-order valence-corrected chi connectivity index (χ1v) is 10.2. The third kappa shape index (κ3) is 3.02. The normalized spacial score (nSPS) is 16.8. The lowest BCUT2D eigenvalue weighted by molar-refractivity contribution is 0.412. The van der Waals surface area contributed by atoms with E-state index in [2.05, 4.69) is 4.72 Å². The molecule has 0 aliphatic heterocycles. The zero-order chi connectivity index (χ0) is 17.3. The zero-order valence-electron chi connectivity index (χ0n) is 14.3. The fourth-order valence-corrected chi connectivity index (χ4v) is 4.91. The van der Waals surface area contributed by atoms with Gasteiger partial charge in [-0.2, -0.15) is 0 Å². The van der Waals surface area contributed by atoms with Crippen molar-refractivity contribution in [2.45, 2.75) is 70.0 Å². The van der Waals surface area contributed by atoms with Gasteiger partial charge < -0.3 is 0 Å². The van der Waals surface area contributed by atoms with E-state index in [0.717, 1.165) is 31.2 Å². The second-order valence-electron chi connectivity index (χ2n) is 6.38. The second kappa shape index (κ2) is 6.72. The van der Waals surface area contributed by atoms with E-state index in [9.17, 15) is 13.2 Å². The molecule has 1 aromatic carbocycles. The lowest BCUT2D eigenvalue weighted by Crippen LogP contribution is -2.36. The highest BCUT2D eigenvalue weighted by atomic mass is 32.2. The molecule has 1 fully saturated rings. The van der Waals surface area contributed by atoms with Crippen LogP contribution in [0.15, 0.2) is 27.9 Å². The molecule has 0 unspecified atom stereocenters. The molecular formula is C17H25N3O3S. The van der Waals surface area contributed by atoms with Crippen molar-refractivity contribution in [2.24, 2.45) is 0 Å². The van der Waals surface area contributed by atoms with E-state index >= 15 is 0 Å². The summed E-state index contributed by atoms with van der Waals surface area (Å²) in [4.78, 5) is 12.6. The van der Waals surface area contributed by atoms with Crippen molar-refractivity contribution in [1.82, 2.24) is 13.9 Å². The number of hydrogen-bond donors (Lipinski definition) is 1. The van der Waals surface area contributed by atoms with Gasteiger partial charge in [-0.3, -0.25) is 9.13 Å². The molecule has 1 aliphatic carbocycles. The van der Waals surface area contributed by atoms with Crippen LogP contribution in [0.4, 0.5) is 0 Å². The highest BCUT2D eigenvalue weighted by Crippen LogP contribution is 2.22. The molecule has 6 nitrogen and oxygen atoms in total. The molecule has 1 aliphatic rings. The minimum atomic E-state index is -3.56. The Morgan fingerprint density at radius 1 is 1.04 bits per heavy atom. The molecule has 0 atom stereocenters. The van der Waals surface area contributed by atoms with Crippen LogP contribution in [0.5, 0.6) is 0 Å². The molecule has 1 heterocycles. The molecule has 7 heteroatoms. The average Bonchev–Trinajstić information content (AvgIpc) is 2.85. The summed E-state index contributed by atoms with van der Waals surface area (Å²) in [7, 11) is -3.56. The summed E-state index contributed by atoms with van der Waals surface area (Å²) in [6.07, 6.45) is 5.11. The molecule has 3 rings (SSSR count). The Labute approximate surface area is 142 Å². The van der Waals surface area contributed by atoms with Gasteiger partial charge in [0.1, 0.15) is 0 Å². The van der Waals surface area contributed by atoms with Crippen LogP contribution >= 0.6 is 0 Å². The van der Waals surface area contributed by atoms with Gasteiger partial charge in [0.25, 0.3) is 0 Å². The maximum atomic E-state index is 12.7. The SMILES string of the molecule is CCn1c(=O)n(CC)c2cc(S(=O)(=O)NC3CCCCC3)ccc21. The molecule has 1 aromatic heterocycles. The van der Waals surface area contributed by atoms with E-state index in [1.807, 2.05) is 13.8 Å². The number of aromatic nitrogens is 2. The molecule has 1 N–H and O–H groups in total. The summed E-state index contributed by atoms with van der Waals surface area (Å²) in [6, 6.07) is 4.98. The number of sulfonamides is 1.